The highest BCUT2D eigenvalue weighted by atomic mass is 16.1. The van der Waals surface area contributed by atoms with Crippen molar-refractivity contribution in [1.82, 2.24) is 9.97 Å². The molecule has 0 aliphatic heterocycles. The molecule has 0 unspecified atom stereocenters. The summed E-state index contributed by atoms with van der Waals surface area (Å²) in [6, 6.07) is 3.53. The maximum absolute atomic E-state index is 11.1. The fraction of sp³-hybridized carbons (Fsp3) is 0.455. The van der Waals surface area contributed by atoms with Crippen LogP contribution in [0.25, 0.3) is 0 Å². The molecular formula is C11H15N5O. The summed E-state index contributed by atoms with van der Waals surface area (Å²) < 4.78 is 0. The monoisotopic (exact) mass is 233 g/mol. The zero-order valence-electron chi connectivity index (χ0n) is 10.1. The van der Waals surface area contributed by atoms with Crippen molar-refractivity contribution in [1.29, 1.82) is 5.26 Å². The molecule has 1 aromatic rings. The van der Waals surface area contributed by atoms with Crippen LogP contribution in [-0.2, 0) is 4.79 Å². The van der Waals surface area contributed by atoms with Crippen molar-refractivity contribution in [2.45, 2.75) is 20.8 Å². The van der Waals surface area contributed by atoms with E-state index in [1.165, 1.54) is 0 Å². The van der Waals surface area contributed by atoms with Gasteiger partial charge in [-0.3, -0.25) is 4.79 Å². The molecule has 17 heavy (non-hydrogen) atoms. The number of carbonyl (C=O) groups excluding carboxylic acids is 1. The third-order valence-corrected chi connectivity index (χ3v) is 2.32. The van der Waals surface area contributed by atoms with E-state index < -0.39 is 11.3 Å². The first-order valence-corrected chi connectivity index (χ1v) is 5.15. The SMILES string of the molecule is Cc1cc(C#N)nc(NCC(C)(C)C(N)=O)n1. The number of anilines is 1. The van der Waals surface area contributed by atoms with Crippen LogP contribution < -0.4 is 11.1 Å². The molecule has 0 saturated carbocycles. The lowest BCUT2D eigenvalue weighted by Crippen LogP contribution is -2.37. The molecule has 1 amide bonds. The second-order valence-electron chi connectivity index (χ2n) is 4.43. The number of primary amides is 1. The Morgan fingerprint density at radius 3 is 2.76 bits per heavy atom. The number of amides is 1. The van der Waals surface area contributed by atoms with Gasteiger partial charge < -0.3 is 11.1 Å². The Morgan fingerprint density at radius 2 is 2.24 bits per heavy atom. The summed E-state index contributed by atoms with van der Waals surface area (Å²) in [5.74, 6) is -0.0750. The summed E-state index contributed by atoms with van der Waals surface area (Å²) >= 11 is 0. The number of aryl methyl sites for hydroxylation is 1. The molecule has 6 nitrogen and oxygen atoms in total. The molecule has 1 aromatic heterocycles. The fourth-order valence-electron chi connectivity index (χ4n) is 1.09. The van der Waals surface area contributed by atoms with Crippen molar-refractivity contribution in [3.05, 3.63) is 17.5 Å². The first-order chi connectivity index (χ1) is 7.85. The summed E-state index contributed by atoms with van der Waals surface area (Å²) in [7, 11) is 0. The standard InChI is InChI=1S/C11H15N5O/c1-7-4-8(5-12)16-10(15-7)14-6-11(2,3)9(13)17/h4H,6H2,1-3H3,(H2,13,17)(H,14,15,16). The van der Waals surface area contributed by atoms with Crippen LogP contribution >= 0.6 is 0 Å². The van der Waals surface area contributed by atoms with Gasteiger partial charge in [-0.05, 0) is 26.8 Å². The van der Waals surface area contributed by atoms with Gasteiger partial charge in [0.05, 0.1) is 5.41 Å². The minimum atomic E-state index is -0.695. The Bertz CT molecular complexity index is 475. The van der Waals surface area contributed by atoms with Gasteiger partial charge in [-0.25, -0.2) is 9.97 Å². The van der Waals surface area contributed by atoms with E-state index in [-0.39, 0.29) is 5.69 Å². The van der Waals surface area contributed by atoms with Crippen molar-refractivity contribution in [2.24, 2.45) is 11.1 Å². The highest BCUT2D eigenvalue weighted by molar-refractivity contribution is 5.80. The Hall–Kier alpha value is -2.16. The number of rotatable bonds is 4. The van der Waals surface area contributed by atoms with E-state index in [9.17, 15) is 4.79 Å². The van der Waals surface area contributed by atoms with Crippen LogP contribution in [0.3, 0.4) is 0 Å². The predicted molar refractivity (Wildman–Crippen MR) is 62.9 cm³/mol. The Balaban J connectivity index is 2.80. The van der Waals surface area contributed by atoms with Crippen molar-refractivity contribution in [2.75, 3.05) is 11.9 Å². The molecule has 0 spiro atoms. The van der Waals surface area contributed by atoms with Gasteiger partial charge in [0, 0.05) is 12.2 Å². The molecule has 0 aliphatic rings. The van der Waals surface area contributed by atoms with Gasteiger partial charge in [-0.1, -0.05) is 0 Å². The molecule has 0 saturated heterocycles. The summed E-state index contributed by atoms with van der Waals surface area (Å²) in [6.07, 6.45) is 0. The van der Waals surface area contributed by atoms with Crippen LogP contribution in [0.1, 0.15) is 25.2 Å². The summed E-state index contributed by atoms with van der Waals surface area (Å²) in [4.78, 5) is 19.2. The Labute approximate surface area is 99.9 Å². The number of nitrogens with zero attached hydrogens (tertiary/aromatic N) is 3. The minimum Gasteiger partial charge on any atom is -0.369 e. The summed E-state index contributed by atoms with van der Waals surface area (Å²) in [5.41, 5.74) is 5.53. The normalized spacial score (nSPS) is 10.7. The molecule has 3 N–H and O–H groups in total. The maximum Gasteiger partial charge on any atom is 0.224 e. The molecule has 90 valence electrons. The van der Waals surface area contributed by atoms with Gasteiger partial charge in [0.15, 0.2) is 0 Å². The van der Waals surface area contributed by atoms with Crippen LogP contribution in [0, 0.1) is 23.7 Å². The fourth-order valence-corrected chi connectivity index (χ4v) is 1.09. The van der Waals surface area contributed by atoms with E-state index in [4.69, 9.17) is 11.0 Å². The molecule has 0 aliphatic carbocycles. The molecule has 1 rings (SSSR count). The average Bonchev–Trinajstić information content (AvgIpc) is 2.25. The molecule has 0 atom stereocenters. The third-order valence-electron chi connectivity index (χ3n) is 2.32. The largest absolute Gasteiger partial charge is 0.369 e. The van der Waals surface area contributed by atoms with E-state index >= 15 is 0 Å². The lowest BCUT2D eigenvalue weighted by Gasteiger charge is -2.20. The zero-order valence-corrected chi connectivity index (χ0v) is 10.1. The highest BCUT2D eigenvalue weighted by Crippen LogP contribution is 2.14. The Kier molecular flexibility index (Phi) is 3.63. The number of hydrogen-bond acceptors (Lipinski definition) is 5. The van der Waals surface area contributed by atoms with E-state index in [1.54, 1.807) is 26.8 Å². The Morgan fingerprint density at radius 1 is 1.59 bits per heavy atom. The lowest BCUT2D eigenvalue weighted by molar-refractivity contribution is -0.125. The predicted octanol–water partition coefficient (Wildman–Crippen LogP) is 0.580. The van der Waals surface area contributed by atoms with Gasteiger partial charge in [0.25, 0.3) is 0 Å². The number of nitrogens with one attached hydrogen (secondary N) is 1. The minimum absolute atomic E-state index is 0.289. The summed E-state index contributed by atoms with van der Waals surface area (Å²) in [5, 5.41) is 11.7. The highest BCUT2D eigenvalue weighted by Gasteiger charge is 2.24. The van der Waals surface area contributed by atoms with Gasteiger partial charge in [-0.15, -0.1) is 0 Å². The van der Waals surface area contributed by atoms with Crippen LogP contribution in [0.15, 0.2) is 6.07 Å². The van der Waals surface area contributed by atoms with Gasteiger partial charge in [-0.2, -0.15) is 5.26 Å². The van der Waals surface area contributed by atoms with Crippen LogP contribution in [0.5, 0.6) is 0 Å². The summed E-state index contributed by atoms with van der Waals surface area (Å²) in [6.45, 7) is 5.54. The molecule has 0 bridgehead atoms. The maximum atomic E-state index is 11.1. The number of nitrogens with two attached hydrogens (primary N) is 1. The van der Waals surface area contributed by atoms with Crippen LogP contribution in [-0.4, -0.2) is 22.4 Å². The second kappa shape index (κ2) is 4.78. The smallest absolute Gasteiger partial charge is 0.224 e. The third kappa shape index (κ3) is 3.41. The van der Waals surface area contributed by atoms with Gasteiger partial charge in [0.1, 0.15) is 11.8 Å². The molecule has 0 fully saturated rings. The number of nitriles is 1. The van der Waals surface area contributed by atoms with Gasteiger partial charge in [0.2, 0.25) is 11.9 Å². The van der Waals surface area contributed by atoms with Crippen LogP contribution in [0.4, 0.5) is 5.95 Å². The van der Waals surface area contributed by atoms with Crippen molar-refractivity contribution >= 4 is 11.9 Å². The molecule has 1 heterocycles. The van der Waals surface area contributed by atoms with E-state index in [0.717, 1.165) is 0 Å². The number of aromatic nitrogens is 2. The first kappa shape index (κ1) is 12.9. The van der Waals surface area contributed by atoms with E-state index in [1.807, 2.05) is 6.07 Å². The van der Waals surface area contributed by atoms with E-state index in [2.05, 4.69) is 15.3 Å². The molecule has 0 aromatic carbocycles. The number of carbonyl (C=O) groups is 1. The van der Waals surface area contributed by atoms with Crippen molar-refractivity contribution in [3.8, 4) is 6.07 Å². The average molecular weight is 233 g/mol. The zero-order chi connectivity index (χ0) is 13.1. The topological polar surface area (TPSA) is 105 Å². The quantitative estimate of drug-likeness (QED) is 0.791. The van der Waals surface area contributed by atoms with Crippen molar-refractivity contribution < 1.29 is 4.79 Å². The second-order valence-corrected chi connectivity index (χ2v) is 4.43. The molecular weight excluding hydrogens is 218 g/mol. The van der Waals surface area contributed by atoms with E-state index in [0.29, 0.717) is 18.2 Å². The molecule has 6 heteroatoms. The van der Waals surface area contributed by atoms with Crippen molar-refractivity contribution in [3.63, 3.8) is 0 Å². The lowest BCUT2D eigenvalue weighted by atomic mass is 9.93. The van der Waals surface area contributed by atoms with Gasteiger partial charge >= 0.3 is 0 Å². The first-order valence-electron chi connectivity index (χ1n) is 5.15. The molecule has 0 radical (unpaired) electrons. The number of hydrogen-bond donors (Lipinski definition) is 2. The van der Waals surface area contributed by atoms with Crippen LogP contribution in [0.2, 0.25) is 0 Å².